The molecule has 2 heteroatoms. The standard InChI is InChI=1S/C14H20N2/c1-10(2)12-5-6-15-16-9-14(4)8-13(7-12)11(14)3/h5-11,15H,1-4H3/b6-5-,12-7+,16-9-. The van der Waals surface area contributed by atoms with Crippen molar-refractivity contribution in [2.75, 3.05) is 0 Å². The van der Waals surface area contributed by atoms with Crippen LogP contribution in [0.3, 0.4) is 0 Å². The van der Waals surface area contributed by atoms with Crippen molar-refractivity contribution in [3.05, 3.63) is 35.6 Å². The minimum absolute atomic E-state index is 0.117. The molecule has 86 valence electrons. The largest absolute Gasteiger partial charge is 0.286 e. The van der Waals surface area contributed by atoms with Gasteiger partial charge in [-0.3, -0.25) is 5.43 Å². The molecule has 0 saturated heterocycles. The van der Waals surface area contributed by atoms with E-state index in [2.05, 4.69) is 56.5 Å². The molecule has 2 bridgehead atoms. The van der Waals surface area contributed by atoms with Crippen LogP contribution in [0.2, 0.25) is 0 Å². The second-order valence-corrected chi connectivity index (χ2v) is 5.25. The van der Waals surface area contributed by atoms with Crippen LogP contribution < -0.4 is 5.43 Å². The second kappa shape index (κ2) is 3.93. The molecule has 3 rings (SSSR count). The number of nitrogens with one attached hydrogen (secondary N) is 1. The number of hydrogen-bond acceptors (Lipinski definition) is 2. The zero-order valence-electron chi connectivity index (χ0n) is 10.5. The van der Waals surface area contributed by atoms with E-state index >= 15 is 0 Å². The van der Waals surface area contributed by atoms with Crippen LogP contribution in [0.5, 0.6) is 0 Å². The molecule has 2 unspecified atom stereocenters. The maximum atomic E-state index is 4.23. The Bertz CT molecular complexity index is 399. The summed E-state index contributed by atoms with van der Waals surface area (Å²) in [6.45, 7) is 8.92. The molecule has 2 nitrogen and oxygen atoms in total. The summed E-state index contributed by atoms with van der Waals surface area (Å²) < 4.78 is 0. The van der Waals surface area contributed by atoms with Gasteiger partial charge in [0.25, 0.3) is 0 Å². The Morgan fingerprint density at radius 3 is 2.81 bits per heavy atom. The summed E-state index contributed by atoms with van der Waals surface area (Å²) in [5.74, 6) is 1.10. The lowest BCUT2D eigenvalue weighted by Gasteiger charge is -2.40. The highest BCUT2D eigenvalue weighted by atomic mass is 15.3. The van der Waals surface area contributed by atoms with Crippen molar-refractivity contribution in [3.8, 4) is 0 Å². The van der Waals surface area contributed by atoms with Gasteiger partial charge >= 0.3 is 0 Å². The first-order valence-corrected chi connectivity index (χ1v) is 5.93. The molecule has 0 spiro atoms. The minimum atomic E-state index is 0.117. The van der Waals surface area contributed by atoms with E-state index in [0.29, 0.717) is 11.8 Å². The van der Waals surface area contributed by atoms with Crippen molar-refractivity contribution < 1.29 is 0 Å². The normalized spacial score (nSPS) is 39.9. The van der Waals surface area contributed by atoms with Crippen LogP contribution in [0, 0.1) is 17.3 Å². The Hall–Kier alpha value is -1.31. The summed E-state index contributed by atoms with van der Waals surface area (Å²) in [7, 11) is 0. The Morgan fingerprint density at radius 2 is 2.19 bits per heavy atom. The molecular formula is C14H20N2. The van der Waals surface area contributed by atoms with Crippen LogP contribution in [0.25, 0.3) is 0 Å². The molecule has 0 aromatic carbocycles. The molecule has 2 aliphatic heterocycles. The van der Waals surface area contributed by atoms with Crippen molar-refractivity contribution in [2.45, 2.75) is 27.7 Å². The lowest BCUT2D eigenvalue weighted by Crippen LogP contribution is -2.35. The van der Waals surface area contributed by atoms with Crippen molar-refractivity contribution in [2.24, 2.45) is 22.4 Å². The van der Waals surface area contributed by atoms with Gasteiger partial charge in [-0.1, -0.05) is 39.8 Å². The van der Waals surface area contributed by atoms with Crippen molar-refractivity contribution >= 4 is 6.21 Å². The minimum Gasteiger partial charge on any atom is -0.286 e. The predicted octanol–water partition coefficient (Wildman–Crippen LogP) is 3.25. The predicted molar refractivity (Wildman–Crippen MR) is 69.0 cm³/mol. The SMILES string of the molecule is CC(C)C1=C/C2=CC(C)(/C=N\N/C=C\1)C2C. The molecule has 0 aromatic heterocycles. The topological polar surface area (TPSA) is 24.4 Å². The molecule has 1 aliphatic carbocycles. The molecule has 1 N–H and O–H groups in total. The lowest BCUT2D eigenvalue weighted by molar-refractivity contribution is 0.391. The number of hydrogen-bond donors (Lipinski definition) is 1. The van der Waals surface area contributed by atoms with Crippen LogP contribution in [-0.2, 0) is 0 Å². The maximum absolute atomic E-state index is 4.23. The molecule has 3 aliphatic rings. The van der Waals surface area contributed by atoms with E-state index in [9.17, 15) is 0 Å². The van der Waals surface area contributed by atoms with Crippen LogP contribution in [-0.4, -0.2) is 6.21 Å². The Morgan fingerprint density at radius 1 is 1.44 bits per heavy atom. The van der Waals surface area contributed by atoms with E-state index in [4.69, 9.17) is 0 Å². The summed E-state index contributed by atoms with van der Waals surface area (Å²) in [5.41, 5.74) is 5.86. The summed E-state index contributed by atoms with van der Waals surface area (Å²) in [4.78, 5) is 0. The smallest absolute Gasteiger partial charge is 0.0349 e. The van der Waals surface area contributed by atoms with Gasteiger partial charge in [-0.15, -0.1) is 0 Å². The third kappa shape index (κ3) is 1.84. The van der Waals surface area contributed by atoms with E-state index in [-0.39, 0.29) is 5.41 Å². The highest BCUT2D eigenvalue weighted by Gasteiger charge is 2.38. The van der Waals surface area contributed by atoms with E-state index in [0.717, 1.165) is 0 Å². The van der Waals surface area contributed by atoms with Crippen molar-refractivity contribution in [3.63, 3.8) is 0 Å². The van der Waals surface area contributed by atoms with E-state index in [1.165, 1.54) is 11.1 Å². The van der Waals surface area contributed by atoms with Crippen LogP contribution >= 0.6 is 0 Å². The van der Waals surface area contributed by atoms with Crippen LogP contribution in [0.1, 0.15) is 27.7 Å². The monoisotopic (exact) mass is 216 g/mol. The second-order valence-electron chi connectivity index (χ2n) is 5.25. The quantitative estimate of drug-likeness (QED) is 0.715. The average Bonchev–Trinajstić information content (AvgIpc) is 2.25. The first kappa shape index (κ1) is 11.2. The van der Waals surface area contributed by atoms with Gasteiger partial charge < -0.3 is 0 Å². The van der Waals surface area contributed by atoms with Gasteiger partial charge in [0.15, 0.2) is 0 Å². The number of fused-ring (bicyclic) bond motifs is 3. The van der Waals surface area contributed by atoms with Crippen LogP contribution in [0.15, 0.2) is 40.7 Å². The van der Waals surface area contributed by atoms with Gasteiger partial charge in [0.05, 0.1) is 0 Å². The number of rotatable bonds is 1. The van der Waals surface area contributed by atoms with Gasteiger partial charge in [-0.05, 0) is 29.1 Å². The highest BCUT2D eigenvalue weighted by Crippen LogP contribution is 2.44. The van der Waals surface area contributed by atoms with Gasteiger partial charge in [-0.25, -0.2) is 0 Å². The van der Waals surface area contributed by atoms with Crippen molar-refractivity contribution in [1.29, 1.82) is 0 Å². The Balaban J connectivity index is 2.37. The summed E-state index contributed by atoms with van der Waals surface area (Å²) in [6, 6.07) is 0. The Labute approximate surface area is 97.8 Å². The van der Waals surface area contributed by atoms with E-state index in [1.54, 1.807) is 0 Å². The zero-order valence-corrected chi connectivity index (χ0v) is 10.5. The number of hydrazone groups is 1. The molecule has 0 radical (unpaired) electrons. The maximum Gasteiger partial charge on any atom is 0.0349 e. The number of allylic oxidation sites excluding steroid dienone is 5. The summed E-state index contributed by atoms with van der Waals surface area (Å²) in [5, 5.41) is 4.23. The number of nitrogens with zero attached hydrogens (tertiary/aromatic N) is 1. The molecule has 0 amide bonds. The van der Waals surface area contributed by atoms with Gasteiger partial charge in [0, 0.05) is 17.8 Å². The molecule has 2 atom stereocenters. The summed E-state index contributed by atoms with van der Waals surface area (Å²) in [6.07, 6.45) is 10.6. The molecule has 0 aromatic rings. The Kier molecular flexibility index (Phi) is 2.75. The highest BCUT2D eigenvalue weighted by molar-refractivity contribution is 5.73. The fourth-order valence-corrected chi connectivity index (χ4v) is 2.14. The van der Waals surface area contributed by atoms with Crippen molar-refractivity contribution in [1.82, 2.24) is 5.43 Å². The molecule has 2 heterocycles. The molecule has 0 fully saturated rings. The molecule has 0 saturated carbocycles. The van der Waals surface area contributed by atoms with Gasteiger partial charge in [-0.2, -0.15) is 5.10 Å². The first-order chi connectivity index (χ1) is 7.53. The van der Waals surface area contributed by atoms with Gasteiger partial charge in [0.2, 0.25) is 0 Å². The average molecular weight is 216 g/mol. The zero-order chi connectivity index (χ0) is 11.8. The van der Waals surface area contributed by atoms with Crippen LogP contribution in [0.4, 0.5) is 0 Å². The fraction of sp³-hybridized carbons (Fsp3) is 0.500. The van der Waals surface area contributed by atoms with E-state index in [1.807, 2.05) is 12.4 Å². The third-order valence-electron chi connectivity index (χ3n) is 3.68. The third-order valence-corrected chi connectivity index (χ3v) is 3.68. The lowest BCUT2D eigenvalue weighted by atomic mass is 9.64. The molecule has 16 heavy (non-hydrogen) atoms. The van der Waals surface area contributed by atoms with E-state index < -0.39 is 0 Å². The molecular weight excluding hydrogens is 196 g/mol. The first-order valence-electron chi connectivity index (χ1n) is 5.93. The summed E-state index contributed by atoms with van der Waals surface area (Å²) >= 11 is 0. The fourth-order valence-electron chi connectivity index (χ4n) is 2.14. The van der Waals surface area contributed by atoms with Gasteiger partial charge in [0.1, 0.15) is 0 Å².